The maximum atomic E-state index is 14.4. The van der Waals surface area contributed by atoms with E-state index in [-0.39, 0.29) is 35.9 Å². The van der Waals surface area contributed by atoms with Crippen molar-refractivity contribution in [1.82, 2.24) is 0 Å². The van der Waals surface area contributed by atoms with Crippen LogP contribution in [0.25, 0.3) is 0 Å². The number of methoxy groups -OCH3 is 1. The van der Waals surface area contributed by atoms with Crippen molar-refractivity contribution >= 4 is 5.78 Å². The Morgan fingerprint density at radius 1 is 1.54 bits per heavy atom. The van der Waals surface area contributed by atoms with Crippen LogP contribution >= 0.6 is 0 Å². The third kappa shape index (κ3) is 3.09. The number of rotatable bonds is 6. The normalized spacial score (nSPS) is 25.9. The van der Waals surface area contributed by atoms with Crippen molar-refractivity contribution in [3.63, 3.8) is 0 Å². The van der Waals surface area contributed by atoms with E-state index in [1.807, 2.05) is 6.92 Å². The minimum Gasteiger partial charge on any atom is -0.504 e. The summed E-state index contributed by atoms with van der Waals surface area (Å²) in [7, 11) is 1.37. The number of aromatic hydroxyl groups is 1. The van der Waals surface area contributed by atoms with Gasteiger partial charge in [0.25, 0.3) is 0 Å². The Hall–Kier alpha value is -2.34. The van der Waals surface area contributed by atoms with Crippen molar-refractivity contribution in [2.45, 2.75) is 31.8 Å². The second-order valence-corrected chi connectivity index (χ2v) is 6.85. The molecule has 1 heterocycles. The average molecular weight is 362 g/mol. The van der Waals surface area contributed by atoms with Crippen LogP contribution in [0.5, 0.6) is 11.5 Å². The van der Waals surface area contributed by atoms with Crippen LogP contribution in [0.15, 0.2) is 36.6 Å². The Labute approximate surface area is 152 Å². The Morgan fingerprint density at radius 2 is 2.31 bits per heavy atom. The van der Waals surface area contributed by atoms with Gasteiger partial charge in [-0.25, -0.2) is 4.39 Å². The standard InChI is InChI=1S/C20H23FO5/c1-4-5-13-10-20(19(9-16(13)22)25-11-26-20)12(2)6-14-7-17(23)18(24-3)8-15(14)21/h4,7-9,12-13,23H,1,5-6,10-11H2,2-3H3/t12?,13-,20+/m1/s1. The lowest BCUT2D eigenvalue weighted by Gasteiger charge is -2.38. The lowest BCUT2D eigenvalue weighted by Crippen LogP contribution is -2.45. The summed E-state index contributed by atoms with van der Waals surface area (Å²) in [5, 5.41) is 9.96. The van der Waals surface area contributed by atoms with Crippen LogP contribution in [0.4, 0.5) is 4.39 Å². The first-order valence-electron chi connectivity index (χ1n) is 8.60. The minimum absolute atomic E-state index is 0.00139. The van der Waals surface area contributed by atoms with Crippen LogP contribution in [-0.2, 0) is 20.7 Å². The van der Waals surface area contributed by atoms with Crippen molar-refractivity contribution in [2.24, 2.45) is 11.8 Å². The number of ether oxygens (including phenoxy) is 3. The monoisotopic (exact) mass is 362 g/mol. The number of ketones is 1. The van der Waals surface area contributed by atoms with Gasteiger partial charge in [-0.05, 0) is 36.8 Å². The number of hydrogen-bond acceptors (Lipinski definition) is 5. The van der Waals surface area contributed by atoms with Crippen molar-refractivity contribution in [2.75, 3.05) is 13.9 Å². The number of benzene rings is 1. The quantitative estimate of drug-likeness (QED) is 0.785. The molecule has 2 aliphatic rings. The summed E-state index contributed by atoms with van der Waals surface area (Å²) in [6.45, 7) is 5.72. The molecule has 0 aromatic heterocycles. The minimum atomic E-state index is -0.774. The molecule has 1 aliphatic carbocycles. The van der Waals surface area contributed by atoms with Gasteiger partial charge in [-0.1, -0.05) is 13.0 Å². The van der Waals surface area contributed by atoms with Gasteiger partial charge in [-0.2, -0.15) is 0 Å². The zero-order chi connectivity index (χ0) is 18.9. The number of hydrogen-bond donors (Lipinski definition) is 1. The molecule has 6 heteroatoms. The predicted molar refractivity (Wildman–Crippen MR) is 93.3 cm³/mol. The maximum absolute atomic E-state index is 14.4. The fraction of sp³-hybridized carbons (Fsp3) is 0.450. The van der Waals surface area contributed by atoms with Crippen LogP contribution in [0.3, 0.4) is 0 Å². The van der Waals surface area contributed by atoms with E-state index in [1.165, 1.54) is 25.3 Å². The second kappa shape index (κ2) is 7.11. The number of fused-ring (bicyclic) bond motifs is 1. The third-order valence-corrected chi connectivity index (χ3v) is 5.29. The molecule has 1 N–H and O–H groups in total. The number of carbonyl (C=O) groups is 1. The molecule has 1 aromatic rings. The van der Waals surface area contributed by atoms with Crippen molar-refractivity contribution < 1.29 is 28.5 Å². The predicted octanol–water partition coefficient (Wildman–Crippen LogP) is 3.51. The summed E-state index contributed by atoms with van der Waals surface area (Å²) in [5.41, 5.74) is -0.416. The largest absolute Gasteiger partial charge is 0.504 e. The number of carbonyl (C=O) groups excluding carboxylic acids is 1. The molecule has 0 amide bonds. The molecular weight excluding hydrogens is 339 g/mol. The Balaban J connectivity index is 1.89. The molecule has 0 saturated carbocycles. The molecule has 1 fully saturated rings. The molecule has 140 valence electrons. The molecule has 0 radical (unpaired) electrons. The number of halogens is 1. The number of phenolic OH excluding ortho intramolecular Hbond substituents is 1. The molecule has 3 atom stereocenters. The topological polar surface area (TPSA) is 65.0 Å². The van der Waals surface area contributed by atoms with Gasteiger partial charge in [0.1, 0.15) is 17.2 Å². The summed E-state index contributed by atoms with van der Waals surface area (Å²) < 4.78 is 30.8. The molecule has 1 aliphatic heterocycles. The smallest absolute Gasteiger partial charge is 0.189 e. The van der Waals surface area contributed by atoms with Crippen LogP contribution in [0.2, 0.25) is 0 Å². The molecule has 1 aromatic carbocycles. The van der Waals surface area contributed by atoms with E-state index in [1.54, 1.807) is 6.08 Å². The summed E-state index contributed by atoms with van der Waals surface area (Å²) in [6.07, 6.45) is 4.56. The Kier molecular flexibility index (Phi) is 5.05. The van der Waals surface area contributed by atoms with E-state index in [4.69, 9.17) is 14.2 Å². The van der Waals surface area contributed by atoms with E-state index in [2.05, 4.69) is 6.58 Å². The van der Waals surface area contributed by atoms with E-state index in [0.29, 0.717) is 30.6 Å². The van der Waals surface area contributed by atoms with Gasteiger partial charge in [0.15, 0.2) is 24.1 Å². The van der Waals surface area contributed by atoms with Crippen LogP contribution < -0.4 is 4.74 Å². The van der Waals surface area contributed by atoms with Gasteiger partial charge < -0.3 is 19.3 Å². The molecule has 0 bridgehead atoms. The zero-order valence-electron chi connectivity index (χ0n) is 15.0. The average Bonchev–Trinajstić information content (AvgIpc) is 3.02. The van der Waals surface area contributed by atoms with Crippen molar-refractivity contribution in [1.29, 1.82) is 0 Å². The van der Waals surface area contributed by atoms with Gasteiger partial charge >= 0.3 is 0 Å². The SMILES string of the molecule is C=CC[C@@H]1C[C@@]2(C(C)Cc3cc(O)c(OC)cc3F)OCOC2=CC1=O. The molecule has 1 saturated heterocycles. The maximum Gasteiger partial charge on any atom is 0.189 e. The first-order valence-corrected chi connectivity index (χ1v) is 8.60. The lowest BCUT2D eigenvalue weighted by molar-refractivity contribution is -0.123. The molecule has 0 spiro atoms. The summed E-state index contributed by atoms with van der Waals surface area (Å²) in [6, 6.07) is 2.54. The molecule has 1 unspecified atom stereocenters. The highest BCUT2D eigenvalue weighted by molar-refractivity contribution is 5.93. The molecule has 26 heavy (non-hydrogen) atoms. The lowest BCUT2D eigenvalue weighted by atomic mass is 9.71. The highest BCUT2D eigenvalue weighted by Gasteiger charge is 2.51. The Bertz CT molecular complexity index is 757. The van der Waals surface area contributed by atoms with Crippen LogP contribution in [0, 0.1) is 17.7 Å². The van der Waals surface area contributed by atoms with Crippen LogP contribution in [0.1, 0.15) is 25.3 Å². The highest BCUT2D eigenvalue weighted by Crippen LogP contribution is 2.46. The zero-order valence-corrected chi connectivity index (χ0v) is 15.0. The fourth-order valence-corrected chi connectivity index (χ4v) is 3.82. The highest BCUT2D eigenvalue weighted by atomic mass is 19.1. The van der Waals surface area contributed by atoms with E-state index in [0.717, 1.165) is 0 Å². The first kappa shape index (κ1) is 18.5. The van der Waals surface area contributed by atoms with Crippen molar-refractivity contribution in [3.8, 4) is 11.5 Å². The van der Waals surface area contributed by atoms with Gasteiger partial charge in [-0.3, -0.25) is 4.79 Å². The summed E-state index contributed by atoms with van der Waals surface area (Å²) >= 11 is 0. The second-order valence-electron chi connectivity index (χ2n) is 6.85. The van der Waals surface area contributed by atoms with Crippen LogP contribution in [-0.4, -0.2) is 30.4 Å². The Morgan fingerprint density at radius 3 is 3.00 bits per heavy atom. The molecular formula is C20H23FO5. The summed E-state index contributed by atoms with van der Waals surface area (Å²) in [4.78, 5) is 12.3. The van der Waals surface area contributed by atoms with Gasteiger partial charge in [0, 0.05) is 18.1 Å². The molecule has 5 nitrogen and oxygen atoms in total. The molecule has 3 rings (SSSR count). The van der Waals surface area contributed by atoms with E-state index >= 15 is 0 Å². The fourth-order valence-electron chi connectivity index (χ4n) is 3.82. The van der Waals surface area contributed by atoms with Crippen molar-refractivity contribution in [3.05, 3.63) is 48.0 Å². The summed E-state index contributed by atoms with van der Waals surface area (Å²) in [5.74, 6) is -0.367. The third-order valence-electron chi connectivity index (χ3n) is 5.29. The van der Waals surface area contributed by atoms with E-state index in [9.17, 15) is 14.3 Å². The van der Waals surface area contributed by atoms with Gasteiger partial charge in [0.2, 0.25) is 0 Å². The van der Waals surface area contributed by atoms with Gasteiger partial charge in [0.05, 0.1) is 7.11 Å². The number of allylic oxidation sites excluding steroid dienone is 2. The number of phenols is 1. The first-order chi connectivity index (χ1) is 12.4. The van der Waals surface area contributed by atoms with Gasteiger partial charge in [-0.15, -0.1) is 6.58 Å². The van der Waals surface area contributed by atoms with E-state index < -0.39 is 11.4 Å².